The lowest BCUT2D eigenvalue weighted by molar-refractivity contribution is 0.571. The predicted molar refractivity (Wildman–Crippen MR) is 76.7 cm³/mol. The topological polar surface area (TPSA) is 58.2 Å². The minimum atomic E-state index is -3.62. The van der Waals surface area contributed by atoms with Crippen molar-refractivity contribution in [2.45, 2.75) is 25.2 Å². The van der Waals surface area contributed by atoms with Gasteiger partial charge in [0.05, 0.1) is 4.90 Å². The maximum absolute atomic E-state index is 13.3. The Morgan fingerprint density at radius 3 is 2.47 bits per heavy atom. The minimum absolute atomic E-state index is 0. The Kier molecular flexibility index (Phi) is 8.17. The normalized spacial score (nSPS) is 11.1. The molecule has 4 nitrogen and oxygen atoms in total. The first-order valence-corrected chi connectivity index (χ1v) is 7.42. The third-order valence-electron chi connectivity index (χ3n) is 2.47. The standard InChI is InChI=1S/C12H19FN2O2S.ClH/c1-3-6-14-7-8-15-18(16,17)11-5-4-10(2)12(13)9-11;/h4-5,9,14-15H,3,6-8H2,1-2H3;1H. The van der Waals surface area contributed by atoms with Gasteiger partial charge < -0.3 is 5.32 Å². The van der Waals surface area contributed by atoms with Crippen LogP contribution in [0.1, 0.15) is 18.9 Å². The number of rotatable bonds is 7. The molecule has 0 aliphatic carbocycles. The quantitative estimate of drug-likeness (QED) is 0.756. The molecule has 0 aliphatic rings. The molecule has 19 heavy (non-hydrogen) atoms. The summed E-state index contributed by atoms with van der Waals surface area (Å²) in [5.41, 5.74) is 0.429. The zero-order chi connectivity index (χ0) is 13.6. The molecule has 1 aromatic carbocycles. The van der Waals surface area contributed by atoms with Gasteiger partial charge in [-0.2, -0.15) is 0 Å². The molecular weight excluding hydrogens is 291 g/mol. The van der Waals surface area contributed by atoms with Crippen molar-refractivity contribution in [2.24, 2.45) is 0 Å². The molecule has 0 atom stereocenters. The summed E-state index contributed by atoms with van der Waals surface area (Å²) < 4.78 is 39.4. The van der Waals surface area contributed by atoms with Gasteiger partial charge in [0.2, 0.25) is 10.0 Å². The SMILES string of the molecule is CCCNCCNS(=O)(=O)c1ccc(C)c(F)c1.Cl. The number of aryl methyl sites for hydroxylation is 1. The highest BCUT2D eigenvalue weighted by atomic mass is 35.5. The number of halogens is 2. The molecule has 0 radical (unpaired) electrons. The van der Waals surface area contributed by atoms with E-state index >= 15 is 0 Å². The van der Waals surface area contributed by atoms with Crippen molar-refractivity contribution in [3.8, 4) is 0 Å². The fourth-order valence-electron chi connectivity index (χ4n) is 1.40. The van der Waals surface area contributed by atoms with Gasteiger partial charge >= 0.3 is 0 Å². The van der Waals surface area contributed by atoms with Gasteiger partial charge in [-0.15, -0.1) is 12.4 Å². The summed E-state index contributed by atoms with van der Waals surface area (Å²) in [4.78, 5) is -0.0407. The Morgan fingerprint density at radius 2 is 1.89 bits per heavy atom. The van der Waals surface area contributed by atoms with Gasteiger partial charge in [0.25, 0.3) is 0 Å². The summed E-state index contributed by atoms with van der Waals surface area (Å²) in [5.74, 6) is -0.512. The van der Waals surface area contributed by atoms with Crippen molar-refractivity contribution in [2.75, 3.05) is 19.6 Å². The highest BCUT2D eigenvalue weighted by Crippen LogP contribution is 2.13. The average Bonchev–Trinajstić information content (AvgIpc) is 2.32. The van der Waals surface area contributed by atoms with Crippen LogP contribution >= 0.6 is 12.4 Å². The Morgan fingerprint density at radius 1 is 1.21 bits per heavy atom. The lowest BCUT2D eigenvalue weighted by Crippen LogP contribution is -2.32. The maximum Gasteiger partial charge on any atom is 0.240 e. The van der Waals surface area contributed by atoms with Gasteiger partial charge in [0, 0.05) is 13.1 Å². The van der Waals surface area contributed by atoms with Crippen LogP contribution in [0.3, 0.4) is 0 Å². The monoisotopic (exact) mass is 310 g/mol. The Balaban J connectivity index is 0.00000324. The molecule has 0 unspecified atom stereocenters. The molecule has 0 saturated carbocycles. The zero-order valence-electron chi connectivity index (χ0n) is 11.1. The fraction of sp³-hybridized carbons (Fsp3) is 0.500. The lowest BCUT2D eigenvalue weighted by atomic mass is 10.2. The number of sulfonamides is 1. The van der Waals surface area contributed by atoms with E-state index in [1.807, 2.05) is 6.92 Å². The van der Waals surface area contributed by atoms with Crippen LogP contribution in [0.4, 0.5) is 4.39 Å². The molecule has 0 heterocycles. The van der Waals surface area contributed by atoms with E-state index in [0.717, 1.165) is 19.0 Å². The van der Waals surface area contributed by atoms with E-state index in [4.69, 9.17) is 0 Å². The van der Waals surface area contributed by atoms with Crippen molar-refractivity contribution < 1.29 is 12.8 Å². The number of hydrogen-bond acceptors (Lipinski definition) is 3. The van der Waals surface area contributed by atoms with Gasteiger partial charge in [-0.25, -0.2) is 17.5 Å². The first kappa shape index (κ1) is 18.3. The Labute approximate surface area is 120 Å². The van der Waals surface area contributed by atoms with Gasteiger partial charge in [0.1, 0.15) is 5.82 Å². The first-order chi connectivity index (χ1) is 8.47. The zero-order valence-corrected chi connectivity index (χ0v) is 12.7. The smallest absolute Gasteiger partial charge is 0.240 e. The van der Waals surface area contributed by atoms with Crippen molar-refractivity contribution in [3.63, 3.8) is 0 Å². The second-order valence-corrected chi connectivity index (χ2v) is 5.83. The molecule has 0 aliphatic heterocycles. The molecule has 0 spiro atoms. The molecule has 0 bridgehead atoms. The van der Waals surface area contributed by atoms with Crippen LogP contribution in [0, 0.1) is 12.7 Å². The van der Waals surface area contributed by atoms with Crippen LogP contribution in [0.25, 0.3) is 0 Å². The van der Waals surface area contributed by atoms with Gasteiger partial charge in [-0.1, -0.05) is 13.0 Å². The molecule has 0 amide bonds. The third-order valence-corrected chi connectivity index (χ3v) is 3.93. The van der Waals surface area contributed by atoms with E-state index in [1.54, 1.807) is 6.92 Å². The van der Waals surface area contributed by atoms with Crippen molar-refractivity contribution in [3.05, 3.63) is 29.6 Å². The van der Waals surface area contributed by atoms with Crippen LogP contribution in [0.15, 0.2) is 23.1 Å². The number of hydrogen-bond donors (Lipinski definition) is 2. The largest absolute Gasteiger partial charge is 0.315 e. The molecule has 0 fully saturated rings. The first-order valence-electron chi connectivity index (χ1n) is 5.94. The molecule has 1 aromatic rings. The summed E-state index contributed by atoms with van der Waals surface area (Å²) in [6, 6.07) is 3.90. The fourth-order valence-corrected chi connectivity index (χ4v) is 2.44. The van der Waals surface area contributed by atoms with Gasteiger partial charge in [-0.05, 0) is 37.6 Å². The van der Waals surface area contributed by atoms with Crippen LogP contribution < -0.4 is 10.0 Å². The predicted octanol–water partition coefficient (Wildman–Crippen LogP) is 1.83. The summed E-state index contributed by atoms with van der Waals surface area (Å²) in [5, 5.41) is 3.08. The molecular formula is C12H20ClFN2O2S. The van der Waals surface area contributed by atoms with Gasteiger partial charge in [0.15, 0.2) is 0 Å². The van der Waals surface area contributed by atoms with E-state index in [0.29, 0.717) is 12.1 Å². The number of benzene rings is 1. The summed E-state index contributed by atoms with van der Waals surface area (Å²) in [6.07, 6.45) is 0.996. The van der Waals surface area contributed by atoms with E-state index in [1.165, 1.54) is 12.1 Å². The highest BCUT2D eigenvalue weighted by Gasteiger charge is 2.14. The van der Waals surface area contributed by atoms with Crippen LogP contribution in [0.5, 0.6) is 0 Å². The van der Waals surface area contributed by atoms with Crippen molar-refractivity contribution in [1.82, 2.24) is 10.0 Å². The Bertz CT molecular complexity index is 495. The average molecular weight is 311 g/mol. The van der Waals surface area contributed by atoms with E-state index < -0.39 is 15.8 Å². The maximum atomic E-state index is 13.3. The van der Waals surface area contributed by atoms with Crippen LogP contribution in [0.2, 0.25) is 0 Å². The molecule has 2 N–H and O–H groups in total. The van der Waals surface area contributed by atoms with E-state index in [9.17, 15) is 12.8 Å². The van der Waals surface area contributed by atoms with Crippen LogP contribution in [-0.2, 0) is 10.0 Å². The molecule has 0 aromatic heterocycles. The van der Waals surface area contributed by atoms with Crippen LogP contribution in [-0.4, -0.2) is 28.1 Å². The third kappa shape index (κ3) is 5.86. The Hall–Kier alpha value is -0.690. The van der Waals surface area contributed by atoms with Crippen molar-refractivity contribution >= 4 is 22.4 Å². The second-order valence-electron chi connectivity index (χ2n) is 4.06. The summed E-state index contributed by atoms with van der Waals surface area (Å²) in [7, 11) is -3.62. The molecule has 0 saturated heterocycles. The molecule has 110 valence electrons. The van der Waals surface area contributed by atoms with Crippen molar-refractivity contribution in [1.29, 1.82) is 0 Å². The number of nitrogens with one attached hydrogen (secondary N) is 2. The summed E-state index contributed by atoms with van der Waals surface area (Å²) in [6.45, 7) is 5.32. The highest BCUT2D eigenvalue weighted by molar-refractivity contribution is 7.89. The summed E-state index contributed by atoms with van der Waals surface area (Å²) >= 11 is 0. The van der Waals surface area contributed by atoms with Gasteiger partial charge in [-0.3, -0.25) is 0 Å². The second kappa shape index (κ2) is 8.47. The molecule has 7 heteroatoms. The molecule has 1 rings (SSSR count). The lowest BCUT2D eigenvalue weighted by Gasteiger charge is -2.08. The minimum Gasteiger partial charge on any atom is -0.315 e. The van der Waals surface area contributed by atoms with E-state index in [2.05, 4.69) is 10.0 Å². The van der Waals surface area contributed by atoms with E-state index in [-0.39, 0.29) is 23.8 Å².